The quantitative estimate of drug-likeness (QED) is 0.365. The Labute approximate surface area is 191 Å². The Kier molecular flexibility index (Phi) is 7.74. The molecule has 2 aromatic heterocycles. The van der Waals surface area contributed by atoms with Crippen LogP contribution in [0.25, 0.3) is 0 Å². The van der Waals surface area contributed by atoms with Crippen molar-refractivity contribution in [1.82, 2.24) is 20.2 Å². The summed E-state index contributed by atoms with van der Waals surface area (Å²) in [6.45, 7) is 5.52. The third kappa shape index (κ3) is 6.33. The van der Waals surface area contributed by atoms with Gasteiger partial charge in [-0.15, -0.1) is 0 Å². The van der Waals surface area contributed by atoms with Crippen molar-refractivity contribution in [3.8, 4) is 0 Å². The first-order chi connectivity index (χ1) is 15.8. The normalized spacial score (nSPS) is 12.1. The Bertz CT molecular complexity index is 1070. The van der Waals surface area contributed by atoms with E-state index in [1.165, 1.54) is 16.7 Å². The van der Waals surface area contributed by atoms with Crippen molar-refractivity contribution in [2.75, 3.05) is 0 Å². The smallest absolute Gasteiger partial charge is 0.0544 e. The first-order valence-corrected chi connectivity index (χ1v) is 11.2. The molecule has 162 valence electrons. The molecule has 4 rings (SSSR count). The van der Waals surface area contributed by atoms with Crippen molar-refractivity contribution < 1.29 is 0 Å². The predicted molar refractivity (Wildman–Crippen MR) is 130 cm³/mol. The van der Waals surface area contributed by atoms with Gasteiger partial charge >= 0.3 is 0 Å². The van der Waals surface area contributed by atoms with Crippen LogP contribution in [0.5, 0.6) is 0 Å². The molecule has 1 unspecified atom stereocenters. The highest BCUT2D eigenvalue weighted by atomic mass is 15.2. The number of nitrogens with zero attached hydrogens (tertiary/aromatic N) is 3. The zero-order valence-corrected chi connectivity index (χ0v) is 18.6. The number of pyridine rings is 2. The monoisotopic (exact) mass is 422 g/mol. The summed E-state index contributed by atoms with van der Waals surface area (Å²) < 4.78 is 0. The molecule has 0 saturated heterocycles. The van der Waals surface area contributed by atoms with Gasteiger partial charge in [-0.25, -0.2) is 0 Å². The van der Waals surface area contributed by atoms with Crippen molar-refractivity contribution in [1.29, 1.82) is 0 Å². The lowest BCUT2D eigenvalue weighted by Gasteiger charge is -2.29. The van der Waals surface area contributed by atoms with Gasteiger partial charge in [-0.1, -0.05) is 66.7 Å². The molecule has 0 fully saturated rings. The van der Waals surface area contributed by atoms with Gasteiger partial charge in [0.05, 0.1) is 11.4 Å². The third-order valence-corrected chi connectivity index (χ3v) is 5.66. The number of hydrogen-bond acceptors (Lipinski definition) is 4. The molecule has 0 aliphatic rings. The first-order valence-electron chi connectivity index (χ1n) is 11.2. The lowest BCUT2D eigenvalue weighted by atomic mass is 10.0. The molecular weight excluding hydrogens is 392 g/mol. The molecular formula is C28H30N4. The Morgan fingerprint density at radius 1 is 0.688 bits per heavy atom. The van der Waals surface area contributed by atoms with Gasteiger partial charge in [0.25, 0.3) is 0 Å². The topological polar surface area (TPSA) is 41.0 Å². The number of nitrogens with one attached hydrogen (secondary N) is 1. The van der Waals surface area contributed by atoms with Gasteiger partial charge in [0.15, 0.2) is 0 Å². The Morgan fingerprint density at radius 2 is 1.38 bits per heavy atom. The van der Waals surface area contributed by atoms with Gasteiger partial charge in [-0.05, 0) is 47.9 Å². The van der Waals surface area contributed by atoms with Crippen LogP contribution in [0, 0.1) is 0 Å². The standard InChI is InChI=1S/C28H30N4/c1-23(26-12-3-2-4-13-26)32(22-28-15-6-8-17-31-28)21-25-11-9-10-24(18-25)19-29-20-27-14-5-7-16-30-27/h2-18,23,29H,19-22H2,1H3. The van der Waals surface area contributed by atoms with Crippen molar-refractivity contribution >= 4 is 0 Å². The van der Waals surface area contributed by atoms with Gasteiger partial charge in [-0.3, -0.25) is 14.9 Å². The van der Waals surface area contributed by atoms with E-state index >= 15 is 0 Å². The highest BCUT2D eigenvalue weighted by Crippen LogP contribution is 2.24. The minimum atomic E-state index is 0.282. The summed E-state index contributed by atoms with van der Waals surface area (Å²) in [5.74, 6) is 0. The molecule has 0 radical (unpaired) electrons. The molecule has 32 heavy (non-hydrogen) atoms. The Morgan fingerprint density at radius 3 is 2.09 bits per heavy atom. The number of hydrogen-bond donors (Lipinski definition) is 1. The van der Waals surface area contributed by atoms with E-state index in [-0.39, 0.29) is 6.04 Å². The molecule has 0 aliphatic heterocycles. The fraction of sp³-hybridized carbons (Fsp3) is 0.214. The van der Waals surface area contributed by atoms with Crippen LogP contribution < -0.4 is 5.32 Å². The molecule has 1 atom stereocenters. The largest absolute Gasteiger partial charge is 0.307 e. The van der Waals surface area contributed by atoms with Crippen molar-refractivity contribution in [2.45, 2.75) is 39.1 Å². The molecule has 0 saturated carbocycles. The molecule has 0 spiro atoms. The fourth-order valence-corrected chi connectivity index (χ4v) is 3.88. The highest BCUT2D eigenvalue weighted by Gasteiger charge is 2.17. The van der Waals surface area contributed by atoms with Crippen LogP contribution in [0.2, 0.25) is 0 Å². The van der Waals surface area contributed by atoms with E-state index in [2.05, 4.69) is 93.8 Å². The third-order valence-electron chi connectivity index (χ3n) is 5.66. The average molecular weight is 423 g/mol. The molecule has 0 aliphatic carbocycles. The van der Waals surface area contributed by atoms with E-state index < -0.39 is 0 Å². The van der Waals surface area contributed by atoms with Gasteiger partial charge in [-0.2, -0.15) is 0 Å². The Hall–Kier alpha value is -3.34. The van der Waals surface area contributed by atoms with E-state index in [9.17, 15) is 0 Å². The maximum atomic E-state index is 4.57. The Balaban J connectivity index is 1.45. The summed E-state index contributed by atoms with van der Waals surface area (Å²) in [5, 5.41) is 3.50. The minimum absolute atomic E-state index is 0.282. The summed E-state index contributed by atoms with van der Waals surface area (Å²) >= 11 is 0. The number of benzene rings is 2. The lowest BCUT2D eigenvalue weighted by Crippen LogP contribution is -2.27. The van der Waals surface area contributed by atoms with Crippen LogP contribution in [-0.4, -0.2) is 14.9 Å². The summed E-state index contributed by atoms with van der Waals surface area (Å²) in [7, 11) is 0. The van der Waals surface area contributed by atoms with E-state index in [0.29, 0.717) is 0 Å². The summed E-state index contributed by atoms with van der Waals surface area (Å²) in [5.41, 5.74) is 6.05. The van der Waals surface area contributed by atoms with Crippen LogP contribution in [0.3, 0.4) is 0 Å². The predicted octanol–water partition coefficient (Wildman–Crippen LogP) is 5.53. The number of rotatable bonds is 10. The molecule has 2 aromatic carbocycles. The summed E-state index contributed by atoms with van der Waals surface area (Å²) in [4.78, 5) is 11.4. The lowest BCUT2D eigenvalue weighted by molar-refractivity contribution is 0.189. The second-order valence-corrected chi connectivity index (χ2v) is 8.06. The fourth-order valence-electron chi connectivity index (χ4n) is 3.88. The van der Waals surface area contributed by atoms with Crippen LogP contribution in [0.15, 0.2) is 103 Å². The van der Waals surface area contributed by atoms with Crippen LogP contribution in [0.1, 0.15) is 41.0 Å². The van der Waals surface area contributed by atoms with E-state index in [0.717, 1.165) is 37.6 Å². The van der Waals surface area contributed by atoms with E-state index in [4.69, 9.17) is 0 Å². The second-order valence-electron chi connectivity index (χ2n) is 8.06. The first kappa shape index (κ1) is 21.9. The molecule has 4 nitrogen and oxygen atoms in total. The summed E-state index contributed by atoms with van der Waals surface area (Å²) in [6, 6.07) is 32.0. The van der Waals surface area contributed by atoms with Crippen LogP contribution in [0.4, 0.5) is 0 Å². The van der Waals surface area contributed by atoms with E-state index in [1.807, 2.05) is 36.7 Å². The van der Waals surface area contributed by atoms with Crippen molar-refractivity contribution in [3.63, 3.8) is 0 Å². The highest BCUT2D eigenvalue weighted by molar-refractivity contribution is 5.25. The zero-order chi connectivity index (χ0) is 22.0. The zero-order valence-electron chi connectivity index (χ0n) is 18.6. The minimum Gasteiger partial charge on any atom is -0.307 e. The molecule has 4 heteroatoms. The van der Waals surface area contributed by atoms with Crippen molar-refractivity contribution in [3.05, 3.63) is 131 Å². The SMILES string of the molecule is CC(c1ccccc1)N(Cc1cccc(CNCc2ccccn2)c1)Cc1ccccn1. The maximum Gasteiger partial charge on any atom is 0.0544 e. The second kappa shape index (κ2) is 11.3. The van der Waals surface area contributed by atoms with Gasteiger partial charge < -0.3 is 5.32 Å². The maximum absolute atomic E-state index is 4.57. The number of aromatic nitrogens is 2. The molecule has 0 amide bonds. The average Bonchev–Trinajstić information content (AvgIpc) is 2.85. The van der Waals surface area contributed by atoms with Gasteiger partial charge in [0, 0.05) is 44.6 Å². The van der Waals surface area contributed by atoms with E-state index in [1.54, 1.807) is 0 Å². The molecule has 1 N–H and O–H groups in total. The van der Waals surface area contributed by atoms with Crippen LogP contribution in [-0.2, 0) is 26.2 Å². The molecule has 4 aromatic rings. The molecule has 0 bridgehead atoms. The van der Waals surface area contributed by atoms with Gasteiger partial charge in [0.2, 0.25) is 0 Å². The van der Waals surface area contributed by atoms with Crippen LogP contribution >= 0.6 is 0 Å². The van der Waals surface area contributed by atoms with Gasteiger partial charge in [0.1, 0.15) is 0 Å². The van der Waals surface area contributed by atoms with Crippen molar-refractivity contribution in [2.24, 2.45) is 0 Å². The summed E-state index contributed by atoms with van der Waals surface area (Å²) in [6.07, 6.45) is 3.70. The molecule has 2 heterocycles.